The summed E-state index contributed by atoms with van der Waals surface area (Å²) >= 11 is 0. The predicted molar refractivity (Wildman–Crippen MR) is 99.8 cm³/mol. The van der Waals surface area contributed by atoms with Crippen LogP contribution in [0.5, 0.6) is 5.75 Å². The number of hydrogen-bond acceptors (Lipinski definition) is 7. The molecule has 0 radical (unpaired) electrons. The average molecular weight is 418 g/mol. The van der Waals surface area contributed by atoms with E-state index in [0.29, 0.717) is 18.8 Å². The number of carboxylic acid groups (broad SMARTS) is 1. The zero-order valence-electron chi connectivity index (χ0n) is 15.4. The van der Waals surface area contributed by atoms with Gasteiger partial charge in [0.2, 0.25) is 0 Å². The number of carboxylic acids is 1. The second-order valence-corrected chi connectivity index (χ2v) is 5.95. The van der Waals surface area contributed by atoms with Crippen LogP contribution < -0.4 is 15.4 Å². The lowest BCUT2D eigenvalue weighted by Gasteiger charge is -2.06. The van der Waals surface area contributed by atoms with Gasteiger partial charge in [-0.25, -0.2) is 13.6 Å². The number of ether oxygens (including phenoxy) is 1. The van der Waals surface area contributed by atoms with Crippen LogP contribution in [0.25, 0.3) is 0 Å². The summed E-state index contributed by atoms with van der Waals surface area (Å²) in [7, 11) is 0. The molecular weight excluding hydrogens is 402 g/mol. The van der Waals surface area contributed by atoms with Crippen LogP contribution in [0.3, 0.4) is 0 Å². The van der Waals surface area contributed by atoms with Gasteiger partial charge in [0.1, 0.15) is 5.75 Å². The highest BCUT2D eigenvalue weighted by molar-refractivity contribution is 5.89. The van der Waals surface area contributed by atoms with Crippen LogP contribution in [0.4, 0.5) is 20.5 Å². The lowest BCUT2D eigenvalue weighted by molar-refractivity contribution is 0.0696. The number of hydrogen-bond donors (Lipinski definition) is 3. The van der Waals surface area contributed by atoms with Gasteiger partial charge in [-0.1, -0.05) is 5.10 Å². The van der Waals surface area contributed by atoms with E-state index in [0.717, 1.165) is 12.1 Å². The van der Waals surface area contributed by atoms with Crippen LogP contribution in [0.15, 0.2) is 46.9 Å². The van der Waals surface area contributed by atoms with Crippen molar-refractivity contribution in [1.29, 1.82) is 0 Å². The highest BCUT2D eigenvalue weighted by Gasteiger charge is 2.15. The van der Waals surface area contributed by atoms with Crippen molar-refractivity contribution in [2.24, 2.45) is 0 Å². The molecule has 0 aliphatic carbocycles. The summed E-state index contributed by atoms with van der Waals surface area (Å²) in [6, 6.07) is 8.92. The highest BCUT2D eigenvalue weighted by atomic mass is 19.2. The molecule has 11 heteroatoms. The van der Waals surface area contributed by atoms with E-state index >= 15 is 0 Å². The largest absolute Gasteiger partial charge is 0.494 e. The summed E-state index contributed by atoms with van der Waals surface area (Å²) in [4.78, 5) is 22.8. The molecule has 3 aromatic rings. The molecule has 0 bridgehead atoms. The SMILES string of the molecule is O=C(O)c1ccc(OCCCNC(=O)c2nnc(Nc3ccc(F)c(F)c3)o2)cc1. The molecule has 1 amide bonds. The molecule has 0 spiro atoms. The third kappa shape index (κ3) is 5.50. The Balaban J connectivity index is 1.41. The number of nitrogens with zero attached hydrogens (tertiary/aromatic N) is 2. The molecule has 0 aliphatic heterocycles. The maximum Gasteiger partial charge on any atom is 0.335 e. The quantitative estimate of drug-likeness (QED) is 0.453. The van der Waals surface area contributed by atoms with Crippen molar-refractivity contribution >= 4 is 23.6 Å². The maximum atomic E-state index is 13.2. The van der Waals surface area contributed by atoms with Gasteiger partial charge < -0.3 is 24.9 Å². The fourth-order valence-electron chi connectivity index (χ4n) is 2.30. The van der Waals surface area contributed by atoms with Crippen molar-refractivity contribution in [2.45, 2.75) is 6.42 Å². The molecule has 156 valence electrons. The summed E-state index contributed by atoms with van der Waals surface area (Å²) in [6.07, 6.45) is 0.473. The molecular formula is C19H16F2N4O5. The van der Waals surface area contributed by atoms with Crippen LogP contribution >= 0.6 is 0 Å². The first-order valence-electron chi connectivity index (χ1n) is 8.72. The normalized spacial score (nSPS) is 10.5. The minimum atomic E-state index is -1.04. The van der Waals surface area contributed by atoms with E-state index in [1.807, 2.05) is 0 Å². The number of halogens is 2. The van der Waals surface area contributed by atoms with Crippen LogP contribution in [0.2, 0.25) is 0 Å². The molecule has 2 aromatic carbocycles. The van der Waals surface area contributed by atoms with E-state index in [9.17, 15) is 18.4 Å². The molecule has 0 atom stereocenters. The topological polar surface area (TPSA) is 127 Å². The fourth-order valence-corrected chi connectivity index (χ4v) is 2.30. The molecule has 1 heterocycles. The number of amides is 1. The number of aromatic nitrogens is 2. The van der Waals surface area contributed by atoms with Gasteiger partial charge in [-0.3, -0.25) is 4.79 Å². The molecule has 0 saturated heterocycles. The van der Waals surface area contributed by atoms with Crippen molar-refractivity contribution in [3.63, 3.8) is 0 Å². The highest BCUT2D eigenvalue weighted by Crippen LogP contribution is 2.18. The molecule has 0 saturated carbocycles. The summed E-state index contributed by atoms with van der Waals surface area (Å²) in [5.41, 5.74) is 0.339. The number of carbonyl (C=O) groups excluding carboxylic acids is 1. The summed E-state index contributed by atoms with van der Waals surface area (Å²) < 4.78 is 36.7. The van der Waals surface area contributed by atoms with Crippen LogP contribution in [-0.2, 0) is 0 Å². The van der Waals surface area contributed by atoms with E-state index in [2.05, 4.69) is 20.8 Å². The van der Waals surface area contributed by atoms with E-state index in [-0.39, 0.29) is 29.7 Å². The lowest BCUT2D eigenvalue weighted by Crippen LogP contribution is -2.25. The van der Waals surface area contributed by atoms with Gasteiger partial charge in [-0.2, -0.15) is 0 Å². The number of carbonyl (C=O) groups is 2. The first-order chi connectivity index (χ1) is 14.4. The van der Waals surface area contributed by atoms with Crippen molar-refractivity contribution in [1.82, 2.24) is 15.5 Å². The average Bonchev–Trinajstić information content (AvgIpc) is 3.19. The Morgan fingerprint density at radius 1 is 1.07 bits per heavy atom. The molecule has 1 aromatic heterocycles. The van der Waals surface area contributed by atoms with Crippen LogP contribution in [-0.4, -0.2) is 40.3 Å². The molecule has 0 unspecified atom stereocenters. The van der Waals surface area contributed by atoms with Crippen molar-refractivity contribution < 1.29 is 32.6 Å². The van der Waals surface area contributed by atoms with Crippen molar-refractivity contribution in [3.8, 4) is 5.75 Å². The van der Waals surface area contributed by atoms with Crippen molar-refractivity contribution in [3.05, 3.63) is 65.6 Å². The zero-order valence-corrected chi connectivity index (χ0v) is 15.4. The number of benzene rings is 2. The third-order valence-electron chi connectivity index (χ3n) is 3.77. The molecule has 3 N–H and O–H groups in total. The Morgan fingerprint density at radius 3 is 2.53 bits per heavy atom. The Hall–Kier alpha value is -4.02. The van der Waals surface area contributed by atoms with E-state index in [4.69, 9.17) is 14.3 Å². The second-order valence-electron chi connectivity index (χ2n) is 5.95. The van der Waals surface area contributed by atoms with E-state index in [1.165, 1.54) is 18.2 Å². The first-order valence-corrected chi connectivity index (χ1v) is 8.72. The fraction of sp³-hybridized carbons (Fsp3) is 0.158. The number of aromatic carboxylic acids is 1. The van der Waals surface area contributed by atoms with Gasteiger partial charge in [0.05, 0.1) is 12.2 Å². The minimum Gasteiger partial charge on any atom is -0.494 e. The Kier molecular flexibility index (Phi) is 6.53. The summed E-state index contributed by atoms with van der Waals surface area (Å²) in [6.45, 7) is 0.555. The zero-order chi connectivity index (χ0) is 21.5. The van der Waals surface area contributed by atoms with E-state index in [1.54, 1.807) is 12.1 Å². The van der Waals surface area contributed by atoms with Gasteiger partial charge in [0.25, 0.3) is 0 Å². The number of anilines is 2. The van der Waals surface area contributed by atoms with Gasteiger partial charge in [-0.15, -0.1) is 5.10 Å². The number of nitrogens with one attached hydrogen (secondary N) is 2. The van der Waals surface area contributed by atoms with Gasteiger partial charge >= 0.3 is 23.8 Å². The molecule has 9 nitrogen and oxygen atoms in total. The molecule has 3 rings (SSSR count). The standard InChI is InChI=1S/C19H16F2N4O5/c20-14-7-4-12(10-15(14)21)23-19-25-24-17(30-19)16(26)22-8-1-9-29-13-5-2-11(3-6-13)18(27)28/h2-7,10H,1,8-9H2,(H,22,26)(H,23,25)(H,27,28). The minimum absolute atomic E-state index is 0.153. The Bertz CT molecular complexity index is 1040. The predicted octanol–water partition coefficient (Wildman–Crippen LogP) is 2.99. The lowest BCUT2D eigenvalue weighted by atomic mass is 10.2. The maximum absolute atomic E-state index is 13.2. The van der Waals surface area contributed by atoms with Gasteiger partial charge in [-0.05, 0) is 42.8 Å². The van der Waals surface area contributed by atoms with Crippen LogP contribution in [0, 0.1) is 11.6 Å². The molecule has 30 heavy (non-hydrogen) atoms. The molecule has 0 fully saturated rings. The second kappa shape index (κ2) is 9.45. The Morgan fingerprint density at radius 2 is 1.83 bits per heavy atom. The Labute approximate surface area is 168 Å². The first kappa shape index (κ1) is 20.7. The van der Waals surface area contributed by atoms with Crippen molar-refractivity contribution in [2.75, 3.05) is 18.5 Å². The van der Waals surface area contributed by atoms with E-state index < -0.39 is 23.5 Å². The van der Waals surface area contributed by atoms with Crippen LogP contribution in [0.1, 0.15) is 27.5 Å². The monoisotopic (exact) mass is 418 g/mol. The van der Waals surface area contributed by atoms with Gasteiger partial charge in [0.15, 0.2) is 11.6 Å². The molecule has 0 aliphatic rings. The smallest absolute Gasteiger partial charge is 0.335 e. The number of rotatable bonds is 9. The van der Waals surface area contributed by atoms with Gasteiger partial charge in [0, 0.05) is 18.3 Å². The third-order valence-corrected chi connectivity index (χ3v) is 3.77. The summed E-state index contributed by atoms with van der Waals surface area (Å²) in [5, 5.41) is 21.2. The summed E-state index contributed by atoms with van der Waals surface area (Å²) in [5.74, 6) is -3.45.